The summed E-state index contributed by atoms with van der Waals surface area (Å²) in [5, 5.41) is 0. The van der Waals surface area contributed by atoms with Gasteiger partial charge in [-0.1, -0.05) is 0 Å². The molecule has 6 nitrogen and oxygen atoms in total. The molecule has 3 aliphatic rings. The first-order valence-corrected chi connectivity index (χ1v) is 9.43. The first-order chi connectivity index (χ1) is 11.7. The Morgan fingerprint density at radius 3 is 2.83 bits per heavy atom. The highest BCUT2D eigenvalue weighted by Crippen LogP contribution is 2.46. The van der Waals surface area contributed by atoms with Crippen LogP contribution in [0.4, 0.5) is 0 Å². The van der Waals surface area contributed by atoms with E-state index in [1.165, 1.54) is 12.2 Å². The molecule has 7 heteroatoms. The smallest absolute Gasteiger partial charge is 0.255 e. The third-order valence-electron chi connectivity index (χ3n) is 5.19. The summed E-state index contributed by atoms with van der Waals surface area (Å²) in [6.07, 6.45) is 2.78. The van der Waals surface area contributed by atoms with Crippen LogP contribution in [0.25, 0.3) is 0 Å². The first-order valence-electron chi connectivity index (χ1n) is 8.44. The Hall–Kier alpha value is -1.31. The lowest BCUT2D eigenvalue weighted by Crippen LogP contribution is -2.61. The van der Waals surface area contributed by atoms with Crippen molar-refractivity contribution >= 4 is 17.7 Å². The van der Waals surface area contributed by atoms with Gasteiger partial charge < -0.3 is 14.4 Å². The highest BCUT2D eigenvalue weighted by Gasteiger charge is 2.51. The number of nitrogens with zero attached hydrogens (tertiary/aromatic N) is 3. The molecule has 3 aliphatic heterocycles. The van der Waals surface area contributed by atoms with E-state index < -0.39 is 0 Å². The van der Waals surface area contributed by atoms with Crippen molar-refractivity contribution in [1.82, 2.24) is 14.8 Å². The normalized spacial score (nSPS) is 26.4. The van der Waals surface area contributed by atoms with Gasteiger partial charge in [-0.15, -0.1) is 11.8 Å². The maximum atomic E-state index is 12.6. The standard InChI is InChI=1S/C17H23N3O3S/c1-22-15-3-2-13(9-18-15)16(21)20-11-17(12-20)8-14(10-24-17)19-4-6-23-7-5-19/h2-3,9,14H,4-8,10-12H2,1H3. The van der Waals surface area contributed by atoms with Gasteiger partial charge in [-0.2, -0.15) is 0 Å². The van der Waals surface area contributed by atoms with Gasteiger partial charge in [0.25, 0.3) is 5.91 Å². The molecule has 1 amide bonds. The van der Waals surface area contributed by atoms with Gasteiger partial charge in [0.15, 0.2) is 0 Å². The van der Waals surface area contributed by atoms with Crippen LogP contribution < -0.4 is 4.74 Å². The minimum atomic E-state index is 0.0752. The van der Waals surface area contributed by atoms with Crippen molar-refractivity contribution in [2.45, 2.75) is 17.2 Å². The van der Waals surface area contributed by atoms with Crippen molar-refractivity contribution < 1.29 is 14.3 Å². The van der Waals surface area contributed by atoms with Gasteiger partial charge in [0.1, 0.15) is 0 Å². The number of amides is 1. The summed E-state index contributed by atoms with van der Waals surface area (Å²) < 4.78 is 10.8. The average molecular weight is 349 g/mol. The van der Waals surface area contributed by atoms with E-state index in [1.807, 2.05) is 16.7 Å². The van der Waals surface area contributed by atoms with E-state index in [-0.39, 0.29) is 10.7 Å². The predicted molar refractivity (Wildman–Crippen MR) is 92.7 cm³/mol. The fourth-order valence-electron chi connectivity index (χ4n) is 3.82. The molecule has 1 aromatic rings. The zero-order chi connectivity index (χ0) is 16.6. The molecule has 24 heavy (non-hydrogen) atoms. The van der Waals surface area contributed by atoms with Crippen LogP contribution in [0, 0.1) is 0 Å². The van der Waals surface area contributed by atoms with Gasteiger partial charge in [-0.05, 0) is 12.5 Å². The number of carbonyl (C=O) groups is 1. The second-order valence-electron chi connectivity index (χ2n) is 6.75. The number of carbonyl (C=O) groups excluding carboxylic acids is 1. The van der Waals surface area contributed by atoms with Crippen molar-refractivity contribution in [3.05, 3.63) is 23.9 Å². The Balaban J connectivity index is 1.33. The third kappa shape index (κ3) is 3.00. The molecule has 1 unspecified atom stereocenters. The van der Waals surface area contributed by atoms with E-state index in [0.29, 0.717) is 17.5 Å². The van der Waals surface area contributed by atoms with Gasteiger partial charge in [0.05, 0.1) is 30.6 Å². The van der Waals surface area contributed by atoms with Crippen LogP contribution in [0.3, 0.4) is 0 Å². The number of morpholine rings is 1. The van der Waals surface area contributed by atoms with Crippen LogP contribution in [0.1, 0.15) is 16.8 Å². The number of aromatic nitrogens is 1. The molecule has 0 bridgehead atoms. The van der Waals surface area contributed by atoms with Crippen molar-refractivity contribution in [3.63, 3.8) is 0 Å². The van der Waals surface area contributed by atoms with E-state index in [2.05, 4.69) is 9.88 Å². The second kappa shape index (κ2) is 6.54. The monoisotopic (exact) mass is 349 g/mol. The Morgan fingerprint density at radius 1 is 1.38 bits per heavy atom. The predicted octanol–water partition coefficient (Wildman–Crippen LogP) is 1.12. The van der Waals surface area contributed by atoms with Crippen molar-refractivity contribution in [3.8, 4) is 5.88 Å². The number of thioether (sulfide) groups is 1. The molecule has 3 saturated heterocycles. The Kier molecular flexibility index (Phi) is 4.40. The largest absolute Gasteiger partial charge is 0.481 e. The van der Waals surface area contributed by atoms with Crippen LogP contribution in [0.2, 0.25) is 0 Å². The van der Waals surface area contributed by atoms with E-state index in [9.17, 15) is 4.79 Å². The molecule has 3 fully saturated rings. The molecule has 1 spiro atoms. The van der Waals surface area contributed by atoms with Gasteiger partial charge in [0.2, 0.25) is 5.88 Å². The zero-order valence-corrected chi connectivity index (χ0v) is 14.8. The fraction of sp³-hybridized carbons (Fsp3) is 0.647. The summed E-state index contributed by atoms with van der Waals surface area (Å²) >= 11 is 2.04. The molecule has 4 heterocycles. The Bertz CT molecular complexity index is 598. The zero-order valence-electron chi connectivity index (χ0n) is 13.9. The molecule has 0 radical (unpaired) electrons. The molecule has 1 aromatic heterocycles. The van der Waals surface area contributed by atoms with Crippen molar-refractivity contribution in [1.29, 1.82) is 0 Å². The summed E-state index contributed by atoms with van der Waals surface area (Å²) in [5.41, 5.74) is 0.637. The molecule has 0 saturated carbocycles. The minimum Gasteiger partial charge on any atom is -0.481 e. The van der Waals surface area contributed by atoms with E-state index in [0.717, 1.165) is 39.4 Å². The summed E-state index contributed by atoms with van der Waals surface area (Å²) in [5.74, 6) is 1.78. The van der Waals surface area contributed by atoms with Crippen LogP contribution >= 0.6 is 11.8 Å². The molecule has 0 aromatic carbocycles. The van der Waals surface area contributed by atoms with Crippen molar-refractivity contribution in [2.75, 3.05) is 52.3 Å². The Labute approximate surface area is 146 Å². The van der Waals surface area contributed by atoms with Gasteiger partial charge in [-0.25, -0.2) is 4.98 Å². The maximum Gasteiger partial charge on any atom is 0.255 e. The number of ether oxygens (including phenoxy) is 2. The Morgan fingerprint density at radius 2 is 2.17 bits per heavy atom. The molecular weight excluding hydrogens is 326 g/mol. The lowest BCUT2D eigenvalue weighted by Gasteiger charge is -2.48. The SMILES string of the molecule is COc1ccc(C(=O)N2CC3(CC(N4CCOCC4)CS3)C2)cn1. The number of pyridine rings is 1. The maximum absolute atomic E-state index is 12.6. The topological polar surface area (TPSA) is 54.9 Å². The summed E-state index contributed by atoms with van der Waals surface area (Å²) in [6, 6.07) is 4.16. The number of likely N-dealkylation sites (tertiary alicyclic amines) is 1. The first kappa shape index (κ1) is 16.2. The number of methoxy groups -OCH3 is 1. The van der Waals surface area contributed by atoms with Crippen LogP contribution in [-0.2, 0) is 4.74 Å². The average Bonchev–Trinajstić information content (AvgIpc) is 3.06. The van der Waals surface area contributed by atoms with Crippen LogP contribution in [0.15, 0.2) is 18.3 Å². The molecule has 0 aliphatic carbocycles. The third-order valence-corrected chi connectivity index (χ3v) is 6.78. The fourth-order valence-corrected chi connectivity index (χ4v) is 5.50. The van der Waals surface area contributed by atoms with E-state index >= 15 is 0 Å². The number of hydrogen-bond acceptors (Lipinski definition) is 6. The highest BCUT2D eigenvalue weighted by molar-refractivity contribution is 8.01. The molecule has 0 N–H and O–H groups in total. The highest BCUT2D eigenvalue weighted by atomic mass is 32.2. The lowest BCUT2D eigenvalue weighted by atomic mass is 9.91. The van der Waals surface area contributed by atoms with E-state index in [4.69, 9.17) is 9.47 Å². The molecular formula is C17H23N3O3S. The molecule has 130 valence electrons. The van der Waals surface area contributed by atoms with Crippen molar-refractivity contribution in [2.24, 2.45) is 0 Å². The van der Waals surface area contributed by atoms with Crippen LogP contribution in [0.5, 0.6) is 5.88 Å². The van der Waals surface area contributed by atoms with Crippen LogP contribution in [-0.4, -0.2) is 83.7 Å². The summed E-state index contributed by atoms with van der Waals surface area (Å²) in [7, 11) is 1.57. The quantitative estimate of drug-likeness (QED) is 0.815. The summed E-state index contributed by atoms with van der Waals surface area (Å²) in [6.45, 7) is 5.49. The van der Waals surface area contributed by atoms with E-state index in [1.54, 1.807) is 25.4 Å². The van der Waals surface area contributed by atoms with Gasteiger partial charge in [0, 0.05) is 50.2 Å². The number of rotatable bonds is 3. The minimum absolute atomic E-state index is 0.0752. The van der Waals surface area contributed by atoms with Gasteiger partial charge in [-0.3, -0.25) is 9.69 Å². The second-order valence-corrected chi connectivity index (χ2v) is 8.24. The van der Waals surface area contributed by atoms with Gasteiger partial charge >= 0.3 is 0 Å². The number of hydrogen-bond donors (Lipinski definition) is 0. The summed E-state index contributed by atoms with van der Waals surface area (Å²) in [4.78, 5) is 21.2. The molecule has 4 rings (SSSR count). The molecule has 1 atom stereocenters. The lowest BCUT2D eigenvalue weighted by molar-refractivity contribution is 0.0137.